The van der Waals surface area contributed by atoms with Gasteiger partial charge in [0.05, 0.1) is 5.69 Å². The molecule has 2 aromatic rings. The van der Waals surface area contributed by atoms with Gasteiger partial charge in [-0.15, -0.1) is 0 Å². The second-order valence-electron chi connectivity index (χ2n) is 7.63. The predicted octanol–water partition coefficient (Wildman–Crippen LogP) is 3.39. The minimum Gasteiger partial charge on any atom is -0.485 e. The van der Waals surface area contributed by atoms with Gasteiger partial charge in [0.15, 0.2) is 19.0 Å². The summed E-state index contributed by atoms with van der Waals surface area (Å²) in [5.74, 6) is 0.667. The number of fused-ring (bicyclic) bond motifs is 1. The van der Waals surface area contributed by atoms with Gasteiger partial charge in [-0.1, -0.05) is 11.6 Å². The molecule has 0 radical (unpaired) electrons. The summed E-state index contributed by atoms with van der Waals surface area (Å²) in [6.45, 7) is 0.178. The van der Waals surface area contributed by atoms with Crippen LogP contribution in [0.15, 0.2) is 42.5 Å². The zero-order chi connectivity index (χ0) is 21.8. The van der Waals surface area contributed by atoms with Crippen LogP contribution >= 0.6 is 11.6 Å². The Morgan fingerprint density at radius 2 is 1.94 bits per heavy atom. The summed E-state index contributed by atoms with van der Waals surface area (Å²) in [5, 5.41) is 3.53. The summed E-state index contributed by atoms with van der Waals surface area (Å²) < 4.78 is 11.0. The third-order valence-corrected chi connectivity index (χ3v) is 5.39. The molecule has 162 valence electrons. The standard InChI is InChI=1S/C23H23ClN2O5/c24-16-4-8-18(9-5-16)30-13-20(27)15-3-10-21-19(12-15)26(23(29)14-31-21)11-1-2-22(28)25-17-6-7-17/h3-5,8-10,12,17H,1-2,6-7,11,13-14H2,(H,25,28). The number of carbonyl (C=O) groups is 3. The number of nitrogens with one attached hydrogen (secondary N) is 1. The van der Waals surface area contributed by atoms with Crippen LogP contribution < -0.4 is 19.7 Å². The van der Waals surface area contributed by atoms with Gasteiger partial charge >= 0.3 is 0 Å². The van der Waals surface area contributed by atoms with Crippen molar-refractivity contribution in [2.45, 2.75) is 31.7 Å². The largest absolute Gasteiger partial charge is 0.485 e. The lowest BCUT2D eigenvalue weighted by Crippen LogP contribution is -2.40. The van der Waals surface area contributed by atoms with Crippen LogP contribution in [0.25, 0.3) is 0 Å². The molecule has 1 saturated carbocycles. The molecule has 1 fully saturated rings. The molecule has 4 rings (SSSR count). The van der Waals surface area contributed by atoms with E-state index in [2.05, 4.69) is 5.32 Å². The molecule has 0 saturated heterocycles. The minimum atomic E-state index is -0.223. The molecule has 1 aliphatic heterocycles. The molecule has 2 aliphatic rings. The van der Waals surface area contributed by atoms with Crippen LogP contribution in [-0.4, -0.2) is 43.4 Å². The predicted molar refractivity (Wildman–Crippen MR) is 116 cm³/mol. The van der Waals surface area contributed by atoms with Gasteiger partial charge in [0.1, 0.15) is 11.5 Å². The Balaban J connectivity index is 1.39. The highest BCUT2D eigenvalue weighted by atomic mass is 35.5. The molecule has 31 heavy (non-hydrogen) atoms. The van der Waals surface area contributed by atoms with Gasteiger partial charge in [-0.3, -0.25) is 14.4 Å². The zero-order valence-electron chi connectivity index (χ0n) is 16.9. The number of ketones is 1. The SMILES string of the molecule is O=C(CCCN1C(=O)COc2ccc(C(=O)COc3ccc(Cl)cc3)cc21)NC1CC1. The van der Waals surface area contributed by atoms with Gasteiger partial charge in [-0.05, 0) is 61.7 Å². The summed E-state index contributed by atoms with van der Waals surface area (Å²) in [6.07, 6.45) is 2.96. The maximum atomic E-state index is 12.6. The number of hydrogen-bond donors (Lipinski definition) is 1. The number of ether oxygens (including phenoxy) is 2. The second-order valence-corrected chi connectivity index (χ2v) is 8.06. The molecule has 1 heterocycles. The summed E-state index contributed by atoms with van der Waals surface area (Å²) in [4.78, 5) is 38.5. The van der Waals surface area contributed by atoms with E-state index in [1.165, 1.54) is 0 Å². The van der Waals surface area contributed by atoms with Crippen molar-refractivity contribution >= 4 is 34.9 Å². The molecular weight excluding hydrogens is 420 g/mol. The maximum Gasteiger partial charge on any atom is 0.265 e. The van der Waals surface area contributed by atoms with Gasteiger partial charge in [-0.25, -0.2) is 0 Å². The summed E-state index contributed by atoms with van der Waals surface area (Å²) >= 11 is 5.85. The van der Waals surface area contributed by atoms with Crippen molar-refractivity contribution in [3.63, 3.8) is 0 Å². The van der Waals surface area contributed by atoms with Crippen LogP contribution in [0.1, 0.15) is 36.0 Å². The Morgan fingerprint density at radius 3 is 2.68 bits per heavy atom. The van der Waals surface area contributed by atoms with Gasteiger partial charge < -0.3 is 19.7 Å². The van der Waals surface area contributed by atoms with E-state index in [0.29, 0.717) is 53.2 Å². The van der Waals surface area contributed by atoms with E-state index in [1.807, 2.05) is 0 Å². The Morgan fingerprint density at radius 1 is 1.16 bits per heavy atom. The highest BCUT2D eigenvalue weighted by Crippen LogP contribution is 2.33. The molecule has 0 aromatic heterocycles. The Hall–Kier alpha value is -3.06. The van der Waals surface area contributed by atoms with Crippen molar-refractivity contribution in [2.24, 2.45) is 0 Å². The molecule has 1 N–H and O–H groups in total. The van der Waals surface area contributed by atoms with E-state index >= 15 is 0 Å². The first kappa shape index (κ1) is 21.2. The third-order valence-electron chi connectivity index (χ3n) is 5.14. The smallest absolute Gasteiger partial charge is 0.265 e. The quantitative estimate of drug-likeness (QED) is 0.602. The molecule has 2 amide bonds. The topological polar surface area (TPSA) is 84.9 Å². The summed E-state index contributed by atoms with van der Waals surface area (Å²) in [5.41, 5.74) is 0.957. The van der Waals surface area contributed by atoms with Crippen LogP contribution in [0.4, 0.5) is 5.69 Å². The van der Waals surface area contributed by atoms with E-state index in [9.17, 15) is 14.4 Å². The van der Waals surface area contributed by atoms with Crippen molar-refractivity contribution in [1.82, 2.24) is 5.32 Å². The van der Waals surface area contributed by atoms with Crippen molar-refractivity contribution in [1.29, 1.82) is 0 Å². The third kappa shape index (κ3) is 5.55. The van der Waals surface area contributed by atoms with Gasteiger partial charge in [0, 0.05) is 29.6 Å². The van der Waals surface area contributed by atoms with Gasteiger partial charge in [0.2, 0.25) is 5.91 Å². The molecule has 8 heteroatoms. The first-order chi connectivity index (χ1) is 15.0. The molecular formula is C23H23ClN2O5. The molecule has 0 spiro atoms. The first-order valence-corrected chi connectivity index (χ1v) is 10.7. The lowest BCUT2D eigenvalue weighted by Gasteiger charge is -2.29. The monoisotopic (exact) mass is 442 g/mol. The molecule has 0 atom stereocenters. The zero-order valence-corrected chi connectivity index (χ0v) is 17.7. The normalized spacial score (nSPS) is 15.1. The molecule has 1 aliphatic carbocycles. The molecule has 7 nitrogen and oxygen atoms in total. The fourth-order valence-corrected chi connectivity index (χ4v) is 3.43. The van der Waals surface area contributed by atoms with Crippen LogP contribution in [-0.2, 0) is 9.59 Å². The summed E-state index contributed by atoms with van der Waals surface area (Å²) in [6, 6.07) is 12.1. The minimum absolute atomic E-state index is 0.00621. The molecule has 0 unspecified atom stereocenters. The second kappa shape index (κ2) is 9.39. The van der Waals surface area contributed by atoms with Crippen LogP contribution in [0.5, 0.6) is 11.5 Å². The Bertz CT molecular complexity index is 988. The lowest BCUT2D eigenvalue weighted by molar-refractivity contribution is -0.122. The lowest BCUT2D eigenvalue weighted by atomic mass is 10.1. The number of nitrogens with zero attached hydrogens (tertiary/aromatic N) is 1. The number of halogens is 1. The van der Waals surface area contributed by atoms with Crippen molar-refractivity contribution in [3.05, 3.63) is 53.1 Å². The average molecular weight is 443 g/mol. The van der Waals surface area contributed by atoms with Gasteiger partial charge in [0.25, 0.3) is 5.91 Å². The summed E-state index contributed by atoms with van der Waals surface area (Å²) in [7, 11) is 0. The average Bonchev–Trinajstić information content (AvgIpc) is 3.58. The van der Waals surface area contributed by atoms with E-state index in [0.717, 1.165) is 12.8 Å². The van der Waals surface area contributed by atoms with E-state index in [1.54, 1.807) is 47.4 Å². The molecule has 0 bridgehead atoms. The first-order valence-electron chi connectivity index (χ1n) is 10.3. The number of amides is 2. The Kier molecular flexibility index (Phi) is 6.42. The Labute approximate surface area is 185 Å². The number of carbonyl (C=O) groups excluding carboxylic acids is 3. The van der Waals surface area contributed by atoms with E-state index in [-0.39, 0.29) is 30.8 Å². The fraction of sp³-hybridized carbons (Fsp3) is 0.348. The number of benzene rings is 2. The van der Waals surface area contributed by atoms with Gasteiger partial charge in [-0.2, -0.15) is 0 Å². The number of hydrogen-bond acceptors (Lipinski definition) is 5. The van der Waals surface area contributed by atoms with Crippen LogP contribution in [0.3, 0.4) is 0 Å². The number of rotatable bonds is 9. The van der Waals surface area contributed by atoms with Crippen molar-refractivity contribution in [3.8, 4) is 11.5 Å². The van der Waals surface area contributed by atoms with Crippen LogP contribution in [0, 0.1) is 0 Å². The van der Waals surface area contributed by atoms with Crippen LogP contribution in [0.2, 0.25) is 5.02 Å². The van der Waals surface area contributed by atoms with E-state index in [4.69, 9.17) is 21.1 Å². The molecule has 2 aromatic carbocycles. The fourth-order valence-electron chi connectivity index (χ4n) is 3.31. The van der Waals surface area contributed by atoms with E-state index < -0.39 is 0 Å². The van der Waals surface area contributed by atoms with Crippen molar-refractivity contribution in [2.75, 3.05) is 24.7 Å². The highest BCUT2D eigenvalue weighted by molar-refractivity contribution is 6.30. The highest BCUT2D eigenvalue weighted by Gasteiger charge is 2.27. The number of Topliss-reactive ketones (excluding diaryl/α,β-unsaturated/α-hetero) is 1. The maximum absolute atomic E-state index is 12.6. The van der Waals surface area contributed by atoms with Crippen molar-refractivity contribution < 1.29 is 23.9 Å². The number of anilines is 1.